The molecule has 1 saturated carbocycles. The van der Waals surface area contributed by atoms with Gasteiger partial charge in [-0.05, 0) is 39.5 Å². The van der Waals surface area contributed by atoms with E-state index in [9.17, 15) is 9.59 Å². The number of nitrogens with zero attached hydrogens (tertiary/aromatic N) is 1. The number of hydrogen-bond donors (Lipinski definition) is 2. The van der Waals surface area contributed by atoms with Crippen LogP contribution in [0.1, 0.15) is 52.9 Å². The number of aliphatic carboxylic acids is 1. The summed E-state index contributed by atoms with van der Waals surface area (Å²) in [5, 5.41) is 12.1. The van der Waals surface area contributed by atoms with E-state index in [0.717, 1.165) is 12.8 Å². The molecule has 110 valence electrons. The number of nitrogens with one attached hydrogen (secondary N) is 1. The number of carbonyl (C=O) groups excluding carboxylic acids is 1. The Balaban J connectivity index is 2.56. The molecule has 1 fully saturated rings. The number of urea groups is 1. The van der Waals surface area contributed by atoms with E-state index in [1.807, 2.05) is 6.92 Å². The minimum Gasteiger partial charge on any atom is -0.480 e. The van der Waals surface area contributed by atoms with Gasteiger partial charge in [-0.3, -0.25) is 0 Å². The second kappa shape index (κ2) is 6.26. The number of hydrogen-bond acceptors (Lipinski definition) is 2. The molecule has 0 aromatic carbocycles. The molecule has 19 heavy (non-hydrogen) atoms. The predicted molar refractivity (Wildman–Crippen MR) is 74.0 cm³/mol. The van der Waals surface area contributed by atoms with Crippen molar-refractivity contribution < 1.29 is 14.7 Å². The average Bonchev–Trinajstić information content (AvgIpc) is 2.38. The first-order valence-electron chi connectivity index (χ1n) is 7.04. The normalized spacial score (nSPS) is 18.7. The zero-order valence-electron chi connectivity index (χ0n) is 12.4. The molecule has 0 bridgehead atoms. The Morgan fingerprint density at radius 3 is 2.26 bits per heavy atom. The standard InChI is InChI=1S/C14H26N2O3/c1-10(11-8-6-5-7-9-11)15-13(19)16(4)14(2,3)12(17)18/h10-11H,5-9H2,1-4H3,(H,15,19)(H,17,18). The van der Waals surface area contributed by atoms with Crippen LogP contribution in [0.2, 0.25) is 0 Å². The first kappa shape index (κ1) is 15.8. The third-order valence-electron chi connectivity index (χ3n) is 4.37. The van der Waals surface area contributed by atoms with Crippen molar-refractivity contribution in [2.75, 3.05) is 7.05 Å². The van der Waals surface area contributed by atoms with Crippen molar-refractivity contribution in [3.63, 3.8) is 0 Å². The Morgan fingerprint density at radius 2 is 1.79 bits per heavy atom. The Morgan fingerprint density at radius 1 is 1.26 bits per heavy atom. The van der Waals surface area contributed by atoms with Crippen LogP contribution >= 0.6 is 0 Å². The highest BCUT2D eigenvalue weighted by Crippen LogP contribution is 2.26. The van der Waals surface area contributed by atoms with E-state index >= 15 is 0 Å². The highest BCUT2D eigenvalue weighted by atomic mass is 16.4. The fraction of sp³-hybridized carbons (Fsp3) is 0.857. The van der Waals surface area contributed by atoms with Crippen molar-refractivity contribution in [3.05, 3.63) is 0 Å². The molecule has 5 nitrogen and oxygen atoms in total. The third kappa shape index (κ3) is 3.85. The van der Waals surface area contributed by atoms with Gasteiger partial charge < -0.3 is 15.3 Å². The smallest absolute Gasteiger partial charge is 0.329 e. The number of likely N-dealkylation sites (N-methyl/N-ethyl adjacent to an activating group) is 1. The van der Waals surface area contributed by atoms with Gasteiger partial charge in [-0.2, -0.15) is 0 Å². The highest BCUT2D eigenvalue weighted by Gasteiger charge is 2.36. The van der Waals surface area contributed by atoms with Gasteiger partial charge in [0.15, 0.2) is 0 Å². The van der Waals surface area contributed by atoms with Crippen molar-refractivity contribution in [1.82, 2.24) is 10.2 Å². The number of carboxylic acid groups (broad SMARTS) is 1. The Hall–Kier alpha value is -1.26. The van der Waals surface area contributed by atoms with Crippen molar-refractivity contribution in [1.29, 1.82) is 0 Å². The molecule has 1 aliphatic rings. The maximum absolute atomic E-state index is 12.1. The Bertz CT molecular complexity index is 336. The number of rotatable bonds is 4. The van der Waals surface area contributed by atoms with E-state index in [1.165, 1.54) is 45.1 Å². The fourth-order valence-electron chi connectivity index (χ4n) is 2.44. The van der Waals surface area contributed by atoms with E-state index < -0.39 is 11.5 Å². The Kier molecular flexibility index (Phi) is 5.20. The van der Waals surface area contributed by atoms with Gasteiger partial charge in [0, 0.05) is 13.1 Å². The third-order valence-corrected chi connectivity index (χ3v) is 4.37. The van der Waals surface area contributed by atoms with E-state index in [-0.39, 0.29) is 12.1 Å². The van der Waals surface area contributed by atoms with Gasteiger partial charge in [-0.25, -0.2) is 9.59 Å². The SMILES string of the molecule is CC(NC(=O)N(C)C(C)(C)C(=O)O)C1CCCCC1. The van der Waals surface area contributed by atoms with E-state index in [0.29, 0.717) is 5.92 Å². The van der Waals surface area contributed by atoms with Gasteiger partial charge in [-0.15, -0.1) is 0 Å². The zero-order chi connectivity index (χ0) is 14.6. The number of carbonyl (C=O) groups is 2. The molecule has 1 unspecified atom stereocenters. The summed E-state index contributed by atoms with van der Waals surface area (Å²) in [7, 11) is 1.52. The van der Waals surface area contributed by atoms with Crippen LogP contribution in [0.25, 0.3) is 0 Å². The molecule has 2 amide bonds. The lowest BCUT2D eigenvalue weighted by molar-refractivity contribution is -0.146. The monoisotopic (exact) mass is 270 g/mol. The maximum Gasteiger partial charge on any atom is 0.329 e. The lowest BCUT2D eigenvalue weighted by atomic mass is 9.84. The lowest BCUT2D eigenvalue weighted by Gasteiger charge is -2.34. The van der Waals surface area contributed by atoms with Gasteiger partial charge >= 0.3 is 12.0 Å². The Labute approximate surface area is 115 Å². The van der Waals surface area contributed by atoms with Crippen LogP contribution < -0.4 is 5.32 Å². The first-order valence-corrected chi connectivity index (χ1v) is 7.04. The molecule has 0 aromatic rings. The lowest BCUT2D eigenvalue weighted by Crippen LogP contribution is -2.56. The highest BCUT2D eigenvalue weighted by molar-refractivity contribution is 5.85. The first-order chi connectivity index (χ1) is 8.76. The summed E-state index contributed by atoms with van der Waals surface area (Å²) in [5.41, 5.74) is -1.20. The minimum atomic E-state index is -1.20. The molecule has 5 heteroatoms. The molecule has 0 heterocycles. The van der Waals surface area contributed by atoms with Crippen LogP contribution in [0.4, 0.5) is 4.79 Å². The van der Waals surface area contributed by atoms with Crippen LogP contribution in [0.3, 0.4) is 0 Å². The van der Waals surface area contributed by atoms with Gasteiger partial charge in [-0.1, -0.05) is 19.3 Å². The zero-order valence-corrected chi connectivity index (χ0v) is 12.4. The fourth-order valence-corrected chi connectivity index (χ4v) is 2.44. The largest absolute Gasteiger partial charge is 0.480 e. The summed E-state index contributed by atoms with van der Waals surface area (Å²) in [6.07, 6.45) is 6.02. The molecular formula is C14H26N2O3. The van der Waals surface area contributed by atoms with Crippen molar-refractivity contribution in [3.8, 4) is 0 Å². The summed E-state index contributed by atoms with van der Waals surface area (Å²) < 4.78 is 0. The maximum atomic E-state index is 12.1. The molecule has 0 aliphatic heterocycles. The van der Waals surface area contributed by atoms with Gasteiger partial charge in [0.05, 0.1) is 0 Å². The van der Waals surface area contributed by atoms with E-state index in [2.05, 4.69) is 5.32 Å². The van der Waals surface area contributed by atoms with Crippen LogP contribution in [0, 0.1) is 5.92 Å². The molecule has 0 aromatic heterocycles. The molecule has 1 atom stereocenters. The molecule has 2 N–H and O–H groups in total. The van der Waals surface area contributed by atoms with Crippen LogP contribution in [-0.4, -0.2) is 40.6 Å². The topological polar surface area (TPSA) is 69.6 Å². The second-order valence-electron chi connectivity index (χ2n) is 6.06. The van der Waals surface area contributed by atoms with Gasteiger partial charge in [0.1, 0.15) is 5.54 Å². The van der Waals surface area contributed by atoms with Crippen LogP contribution in [0.15, 0.2) is 0 Å². The molecule has 0 radical (unpaired) electrons. The minimum absolute atomic E-state index is 0.0971. The summed E-state index contributed by atoms with van der Waals surface area (Å²) in [6, 6.07) is -0.217. The quantitative estimate of drug-likeness (QED) is 0.824. The molecule has 1 aliphatic carbocycles. The molecule has 1 rings (SSSR count). The van der Waals surface area contributed by atoms with Crippen LogP contribution in [-0.2, 0) is 4.79 Å². The van der Waals surface area contributed by atoms with Gasteiger partial charge in [0.2, 0.25) is 0 Å². The second-order valence-corrected chi connectivity index (χ2v) is 6.06. The predicted octanol–water partition coefficient (Wildman–Crippen LogP) is 2.46. The number of amides is 2. The molecular weight excluding hydrogens is 244 g/mol. The van der Waals surface area contributed by atoms with Gasteiger partial charge in [0.25, 0.3) is 0 Å². The summed E-state index contributed by atoms with van der Waals surface area (Å²) >= 11 is 0. The molecule has 0 spiro atoms. The number of carboxylic acids is 1. The van der Waals surface area contributed by atoms with E-state index in [4.69, 9.17) is 5.11 Å². The summed E-state index contributed by atoms with van der Waals surface area (Å²) in [4.78, 5) is 24.5. The molecule has 0 saturated heterocycles. The van der Waals surface area contributed by atoms with Crippen molar-refractivity contribution >= 4 is 12.0 Å². The van der Waals surface area contributed by atoms with Crippen molar-refractivity contribution in [2.45, 2.75) is 64.5 Å². The van der Waals surface area contributed by atoms with E-state index in [1.54, 1.807) is 0 Å². The average molecular weight is 270 g/mol. The summed E-state index contributed by atoms with van der Waals surface area (Å²) in [5.74, 6) is -0.491. The van der Waals surface area contributed by atoms with Crippen molar-refractivity contribution in [2.24, 2.45) is 5.92 Å². The van der Waals surface area contributed by atoms with Crippen LogP contribution in [0.5, 0.6) is 0 Å². The summed E-state index contributed by atoms with van der Waals surface area (Å²) in [6.45, 7) is 5.07.